The highest BCUT2D eigenvalue weighted by Gasteiger charge is 2.19. The maximum Gasteiger partial charge on any atom is 0.326 e. The molecule has 0 saturated heterocycles. The number of amides is 1. The van der Waals surface area contributed by atoms with Crippen LogP contribution < -0.4 is 14.8 Å². The van der Waals surface area contributed by atoms with Crippen molar-refractivity contribution in [1.82, 2.24) is 5.32 Å². The molecule has 1 atom stereocenters. The molecule has 0 aliphatic rings. The summed E-state index contributed by atoms with van der Waals surface area (Å²) in [5.74, 6) is -0.0195. The van der Waals surface area contributed by atoms with Crippen molar-refractivity contribution < 1.29 is 24.2 Å². The number of benzene rings is 3. The van der Waals surface area contributed by atoms with Crippen LogP contribution in [0, 0.1) is 6.92 Å². The molecule has 3 aromatic rings. The molecule has 0 aliphatic heterocycles. The van der Waals surface area contributed by atoms with Crippen molar-refractivity contribution >= 4 is 18.0 Å². The van der Waals surface area contributed by atoms with Crippen LogP contribution in [0.25, 0.3) is 6.08 Å². The summed E-state index contributed by atoms with van der Waals surface area (Å²) in [6.45, 7) is 2.40. The Bertz CT molecular complexity index is 1110. The van der Waals surface area contributed by atoms with Crippen LogP contribution >= 0.6 is 0 Å². The van der Waals surface area contributed by atoms with Gasteiger partial charge in [-0.15, -0.1) is 0 Å². The van der Waals surface area contributed by atoms with Gasteiger partial charge in [0.15, 0.2) is 0 Å². The number of methoxy groups -OCH3 is 1. The Hall–Kier alpha value is -4.06. The number of carboxylic acids is 1. The number of hydrogen-bond acceptors (Lipinski definition) is 4. The first-order valence-corrected chi connectivity index (χ1v) is 10.6. The zero-order chi connectivity index (χ0) is 23.6. The second-order valence-electron chi connectivity index (χ2n) is 7.58. The van der Waals surface area contributed by atoms with Crippen LogP contribution in [0.5, 0.6) is 11.5 Å². The number of carboxylic acid groups (broad SMARTS) is 1. The average Bonchev–Trinajstić information content (AvgIpc) is 2.83. The fraction of sp³-hybridized carbons (Fsp3) is 0.185. The van der Waals surface area contributed by atoms with Gasteiger partial charge in [-0.05, 0) is 53.5 Å². The van der Waals surface area contributed by atoms with E-state index in [9.17, 15) is 14.7 Å². The third-order valence-electron chi connectivity index (χ3n) is 5.08. The molecule has 170 valence electrons. The van der Waals surface area contributed by atoms with Gasteiger partial charge in [0.1, 0.15) is 24.1 Å². The minimum absolute atomic E-state index is 0.217. The van der Waals surface area contributed by atoms with E-state index in [4.69, 9.17) is 9.47 Å². The van der Waals surface area contributed by atoms with Crippen LogP contribution in [0.15, 0.2) is 78.9 Å². The number of aliphatic carboxylic acids is 1. The molecule has 3 rings (SSSR count). The normalized spacial score (nSPS) is 11.7. The van der Waals surface area contributed by atoms with E-state index in [-0.39, 0.29) is 6.42 Å². The Morgan fingerprint density at radius 2 is 1.73 bits per heavy atom. The molecule has 0 aliphatic carbocycles. The van der Waals surface area contributed by atoms with E-state index >= 15 is 0 Å². The van der Waals surface area contributed by atoms with Gasteiger partial charge >= 0.3 is 5.97 Å². The molecule has 0 bridgehead atoms. The first-order chi connectivity index (χ1) is 15.9. The molecule has 1 unspecified atom stereocenters. The van der Waals surface area contributed by atoms with Crippen LogP contribution in [-0.4, -0.2) is 30.1 Å². The molecule has 0 radical (unpaired) electrons. The largest absolute Gasteiger partial charge is 0.496 e. The van der Waals surface area contributed by atoms with Crippen molar-refractivity contribution in [1.29, 1.82) is 0 Å². The molecule has 6 nitrogen and oxygen atoms in total. The van der Waals surface area contributed by atoms with Gasteiger partial charge in [0, 0.05) is 12.5 Å². The Labute approximate surface area is 193 Å². The highest BCUT2D eigenvalue weighted by atomic mass is 16.5. The zero-order valence-corrected chi connectivity index (χ0v) is 18.7. The second-order valence-corrected chi connectivity index (χ2v) is 7.58. The van der Waals surface area contributed by atoms with Crippen LogP contribution in [0.1, 0.15) is 22.3 Å². The molecular weight excluding hydrogens is 418 g/mol. The average molecular weight is 446 g/mol. The summed E-state index contributed by atoms with van der Waals surface area (Å²) < 4.78 is 11.2. The second kappa shape index (κ2) is 11.5. The van der Waals surface area contributed by atoms with Crippen LogP contribution in [0.2, 0.25) is 0 Å². The zero-order valence-electron chi connectivity index (χ0n) is 18.7. The smallest absolute Gasteiger partial charge is 0.326 e. The highest BCUT2D eigenvalue weighted by molar-refractivity contribution is 5.94. The Kier molecular flexibility index (Phi) is 8.24. The third kappa shape index (κ3) is 7.25. The monoisotopic (exact) mass is 445 g/mol. The number of hydrogen-bond donors (Lipinski definition) is 2. The molecule has 0 saturated carbocycles. The lowest BCUT2D eigenvalue weighted by atomic mass is 10.1. The van der Waals surface area contributed by atoms with Crippen molar-refractivity contribution in [2.75, 3.05) is 7.11 Å². The fourth-order valence-electron chi connectivity index (χ4n) is 3.24. The molecule has 33 heavy (non-hydrogen) atoms. The molecular formula is C27H27NO5. The summed E-state index contributed by atoms with van der Waals surface area (Å²) in [7, 11) is 1.64. The summed E-state index contributed by atoms with van der Waals surface area (Å²) in [5, 5.41) is 12.0. The van der Waals surface area contributed by atoms with E-state index in [1.54, 1.807) is 13.2 Å². The number of carbonyl (C=O) groups excluding carboxylic acids is 1. The SMILES string of the molecule is COc1cc(COc2ccc(/C=C/C(=O)NC(Cc3ccccc3)C(=O)O)cc2)ccc1C. The number of rotatable bonds is 10. The molecule has 0 fully saturated rings. The van der Waals surface area contributed by atoms with Gasteiger partial charge in [-0.1, -0.05) is 54.6 Å². The number of ether oxygens (including phenoxy) is 2. The topological polar surface area (TPSA) is 84.9 Å². The molecule has 0 spiro atoms. The van der Waals surface area contributed by atoms with E-state index in [0.717, 1.165) is 28.0 Å². The van der Waals surface area contributed by atoms with E-state index < -0.39 is 17.9 Å². The van der Waals surface area contributed by atoms with E-state index in [1.807, 2.05) is 79.7 Å². The summed E-state index contributed by atoms with van der Waals surface area (Å²) >= 11 is 0. The standard InChI is InChI=1S/C27H27NO5/c1-19-8-9-22(17-25(19)32-2)18-33-23-13-10-20(11-14-23)12-15-26(29)28-24(27(30)31)16-21-6-4-3-5-7-21/h3-15,17,24H,16,18H2,1-2H3,(H,28,29)(H,30,31)/b15-12+. The predicted octanol–water partition coefficient (Wildman–Crippen LogP) is 4.41. The first-order valence-electron chi connectivity index (χ1n) is 10.6. The predicted molar refractivity (Wildman–Crippen MR) is 127 cm³/mol. The van der Waals surface area contributed by atoms with E-state index in [2.05, 4.69) is 5.32 Å². The van der Waals surface area contributed by atoms with E-state index in [0.29, 0.717) is 12.4 Å². The molecule has 3 aromatic carbocycles. The fourth-order valence-corrected chi connectivity index (χ4v) is 3.24. The Balaban J connectivity index is 1.53. The van der Waals surface area contributed by atoms with Crippen molar-refractivity contribution in [3.05, 3.63) is 101 Å². The molecule has 6 heteroatoms. The summed E-state index contributed by atoms with van der Waals surface area (Å²) in [6, 6.07) is 21.4. The number of carbonyl (C=O) groups is 2. The van der Waals surface area contributed by atoms with Gasteiger partial charge in [-0.3, -0.25) is 4.79 Å². The molecule has 0 aromatic heterocycles. The van der Waals surface area contributed by atoms with Gasteiger partial charge in [-0.2, -0.15) is 0 Å². The maximum absolute atomic E-state index is 12.2. The molecule has 2 N–H and O–H groups in total. The lowest BCUT2D eigenvalue weighted by Crippen LogP contribution is -2.41. The van der Waals surface area contributed by atoms with Crippen LogP contribution in [-0.2, 0) is 22.6 Å². The Morgan fingerprint density at radius 1 is 1.00 bits per heavy atom. The lowest BCUT2D eigenvalue weighted by molar-refractivity contribution is -0.141. The van der Waals surface area contributed by atoms with Crippen LogP contribution in [0.3, 0.4) is 0 Å². The minimum Gasteiger partial charge on any atom is -0.496 e. The molecule has 1 amide bonds. The van der Waals surface area contributed by atoms with Gasteiger partial charge in [0.25, 0.3) is 0 Å². The lowest BCUT2D eigenvalue weighted by Gasteiger charge is -2.13. The van der Waals surface area contributed by atoms with Crippen molar-refractivity contribution in [3.8, 4) is 11.5 Å². The summed E-state index contributed by atoms with van der Waals surface area (Å²) in [5.41, 5.74) is 3.70. The van der Waals surface area contributed by atoms with Crippen molar-refractivity contribution in [2.24, 2.45) is 0 Å². The third-order valence-corrected chi connectivity index (χ3v) is 5.08. The van der Waals surface area contributed by atoms with Gasteiger partial charge in [-0.25, -0.2) is 4.79 Å². The van der Waals surface area contributed by atoms with E-state index in [1.165, 1.54) is 6.08 Å². The summed E-state index contributed by atoms with van der Waals surface area (Å²) in [4.78, 5) is 23.7. The summed E-state index contributed by atoms with van der Waals surface area (Å²) in [6.07, 6.45) is 3.18. The quantitative estimate of drug-likeness (QED) is 0.452. The maximum atomic E-state index is 12.2. The number of nitrogens with one attached hydrogen (secondary N) is 1. The van der Waals surface area contributed by atoms with Crippen molar-refractivity contribution in [2.45, 2.75) is 26.0 Å². The highest BCUT2D eigenvalue weighted by Crippen LogP contribution is 2.21. The van der Waals surface area contributed by atoms with Gasteiger partial charge < -0.3 is 19.9 Å². The van der Waals surface area contributed by atoms with Gasteiger partial charge in [0.05, 0.1) is 7.11 Å². The number of aryl methyl sites for hydroxylation is 1. The van der Waals surface area contributed by atoms with Gasteiger partial charge in [0.2, 0.25) is 5.91 Å². The minimum atomic E-state index is -1.08. The molecule has 0 heterocycles. The Morgan fingerprint density at radius 3 is 2.39 bits per heavy atom. The van der Waals surface area contributed by atoms with Crippen LogP contribution in [0.4, 0.5) is 0 Å². The first kappa shape index (κ1) is 23.6. The van der Waals surface area contributed by atoms with Crippen molar-refractivity contribution in [3.63, 3.8) is 0 Å².